The second-order valence-electron chi connectivity index (χ2n) is 4.63. The third-order valence-electron chi connectivity index (χ3n) is 3.08. The number of hydrogen-bond acceptors (Lipinski definition) is 5. The first-order chi connectivity index (χ1) is 10.6. The minimum absolute atomic E-state index is 0.107. The number of fused-ring (bicyclic) bond motifs is 1. The van der Waals surface area contributed by atoms with E-state index in [4.69, 9.17) is 4.74 Å². The minimum Gasteiger partial charge on any atom is -0.454 e. The Balaban J connectivity index is 1.66. The number of benzene rings is 1. The van der Waals surface area contributed by atoms with Gasteiger partial charge in [-0.1, -0.05) is 0 Å². The molecule has 0 aliphatic carbocycles. The Morgan fingerprint density at radius 2 is 2.14 bits per heavy atom. The zero-order valence-corrected chi connectivity index (χ0v) is 12.2. The van der Waals surface area contributed by atoms with Crippen molar-refractivity contribution in [2.45, 2.75) is 4.90 Å². The number of thioether (sulfide) groups is 1. The summed E-state index contributed by atoms with van der Waals surface area (Å²) in [5, 5.41) is 2.70. The SMILES string of the molecule is O=C1CSc2ccc(C(=O)OCC(=O)c3ccc[nH]3)cc2N1. The molecule has 1 aromatic heterocycles. The van der Waals surface area contributed by atoms with Crippen molar-refractivity contribution in [3.05, 3.63) is 47.8 Å². The third kappa shape index (κ3) is 3.04. The number of Topliss-reactive ketones (excluding diaryl/α,β-unsaturated/α-hetero) is 1. The van der Waals surface area contributed by atoms with E-state index in [0.29, 0.717) is 22.7 Å². The lowest BCUT2D eigenvalue weighted by atomic mass is 10.2. The van der Waals surface area contributed by atoms with Crippen LogP contribution in [-0.2, 0) is 9.53 Å². The normalized spacial score (nSPS) is 13.2. The van der Waals surface area contributed by atoms with Gasteiger partial charge in [0.2, 0.25) is 11.7 Å². The summed E-state index contributed by atoms with van der Waals surface area (Å²) in [5.74, 6) is -0.654. The van der Waals surface area contributed by atoms with Crippen molar-refractivity contribution < 1.29 is 19.1 Å². The van der Waals surface area contributed by atoms with Gasteiger partial charge in [-0.25, -0.2) is 4.79 Å². The quantitative estimate of drug-likeness (QED) is 0.666. The third-order valence-corrected chi connectivity index (χ3v) is 4.15. The summed E-state index contributed by atoms with van der Waals surface area (Å²) in [7, 11) is 0. The van der Waals surface area contributed by atoms with Gasteiger partial charge in [0, 0.05) is 11.1 Å². The molecule has 22 heavy (non-hydrogen) atoms. The van der Waals surface area contributed by atoms with Gasteiger partial charge >= 0.3 is 5.97 Å². The molecule has 2 aromatic rings. The van der Waals surface area contributed by atoms with Gasteiger partial charge in [0.1, 0.15) is 0 Å². The second-order valence-corrected chi connectivity index (χ2v) is 5.65. The summed E-state index contributed by atoms with van der Waals surface area (Å²) in [4.78, 5) is 38.7. The Morgan fingerprint density at radius 3 is 2.91 bits per heavy atom. The van der Waals surface area contributed by atoms with Crippen LogP contribution in [0.3, 0.4) is 0 Å². The first kappa shape index (κ1) is 14.4. The van der Waals surface area contributed by atoms with Crippen molar-refractivity contribution in [1.29, 1.82) is 0 Å². The average molecular weight is 316 g/mol. The average Bonchev–Trinajstić information content (AvgIpc) is 3.06. The molecule has 0 fully saturated rings. The van der Waals surface area contributed by atoms with Crippen LogP contribution in [0, 0.1) is 0 Å². The molecule has 112 valence electrons. The van der Waals surface area contributed by atoms with Crippen LogP contribution in [0.25, 0.3) is 0 Å². The van der Waals surface area contributed by atoms with Crippen molar-refractivity contribution in [1.82, 2.24) is 4.98 Å². The standard InChI is InChI=1S/C15H12N2O4S/c18-12(10-2-1-5-16-10)7-21-15(20)9-3-4-13-11(6-9)17-14(19)8-22-13/h1-6,16H,7-8H2,(H,17,19). The molecule has 3 rings (SSSR count). The molecule has 0 radical (unpaired) electrons. The smallest absolute Gasteiger partial charge is 0.338 e. The number of carbonyl (C=O) groups is 3. The van der Waals surface area contributed by atoms with E-state index in [1.807, 2.05) is 0 Å². The number of amides is 1. The van der Waals surface area contributed by atoms with Crippen LogP contribution in [-0.4, -0.2) is 35.0 Å². The summed E-state index contributed by atoms with van der Waals surface area (Å²) >= 11 is 1.41. The molecule has 0 atom stereocenters. The number of ether oxygens (including phenoxy) is 1. The zero-order valence-electron chi connectivity index (χ0n) is 11.4. The topological polar surface area (TPSA) is 88.3 Å². The molecule has 1 aliphatic heterocycles. The van der Waals surface area contributed by atoms with Gasteiger partial charge < -0.3 is 15.0 Å². The van der Waals surface area contributed by atoms with Crippen molar-refractivity contribution in [3.8, 4) is 0 Å². The maximum atomic E-state index is 12.0. The molecular weight excluding hydrogens is 304 g/mol. The van der Waals surface area contributed by atoms with E-state index in [2.05, 4.69) is 10.3 Å². The maximum Gasteiger partial charge on any atom is 0.338 e. The van der Waals surface area contributed by atoms with Gasteiger partial charge in [0.05, 0.1) is 22.7 Å². The van der Waals surface area contributed by atoms with Crippen molar-refractivity contribution in [3.63, 3.8) is 0 Å². The molecule has 1 aliphatic rings. The first-order valence-corrected chi connectivity index (χ1v) is 7.52. The molecule has 0 spiro atoms. The largest absolute Gasteiger partial charge is 0.454 e. The van der Waals surface area contributed by atoms with Crippen LogP contribution >= 0.6 is 11.8 Å². The highest BCUT2D eigenvalue weighted by atomic mass is 32.2. The van der Waals surface area contributed by atoms with E-state index < -0.39 is 5.97 Å². The molecule has 1 aromatic carbocycles. The number of aromatic amines is 1. The van der Waals surface area contributed by atoms with E-state index >= 15 is 0 Å². The van der Waals surface area contributed by atoms with Crippen LogP contribution in [0.2, 0.25) is 0 Å². The second kappa shape index (κ2) is 6.07. The van der Waals surface area contributed by atoms with E-state index in [9.17, 15) is 14.4 Å². The summed E-state index contributed by atoms with van der Waals surface area (Å²) in [6.07, 6.45) is 1.62. The Kier molecular flexibility index (Phi) is 3.97. The van der Waals surface area contributed by atoms with E-state index in [1.54, 1.807) is 36.5 Å². The number of anilines is 1. The molecule has 2 heterocycles. The Labute approximate surface area is 130 Å². The van der Waals surface area contributed by atoms with Crippen LogP contribution in [0.1, 0.15) is 20.8 Å². The lowest BCUT2D eigenvalue weighted by Gasteiger charge is -2.16. The summed E-state index contributed by atoms with van der Waals surface area (Å²) in [6, 6.07) is 8.23. The fourth-order valence-corrected chi connectivity index (χ4v) is 2.79. The lowest BCUT2D eigenvalue weighted by Crippen LogP contribution is -2.19. The van der Waals surface area contributed by atoms with Crippen molar-refractivity contribution in [2.75, 3.05) is 17.7 Å². The van der Waals surface area contributed by atoms with Gasteiger partial charge in [0.25, 0.3) is 0 Å². The van der Waals surface area contributed by atoms with Crippen LogP contribution in [0.15, 0.2) is 41.4 Å². The van der Waals surface area contributed by atoms with E-state index in [1.165, 1.54) is 11.8 Å². The van der Waals surface area contributed by atoms with Crippen molar-refractivity contribution >= 4 is 35.1 Å². The number of esters is 1. The number of carbonyl (C=O) groups excluding carboxylic acids is 3. The first-order valence-electron chi connectivity index (χ1n) is 6.54. The summed E-state index contributed by atoms with van der Waals surface area (Å²) in [5.41, 5.74) is 1.27. The fourth-order valence-electron chi connectivity index (χ4n) is 2.01. The van der Waals surface area contributed by atoms with Gasteiger partial charge in [-0.05, 0) is 30.3 Å². The monoisotopic (exact) mass is 316 g/mol. The molecule has 0 unspecified atom stereocenters. The van der Waals surface area contributed by atoms with Gasteiger partial charge in [0.15, 0.2) is 6.61 Å². The summed E-state index contributed by atoms with van der Waals surface area (Å²) < 4.78 is 5.00. The predicted octanol–water partition coefficient (Wildman–Crippen LogP) is 2.10. The van der Waals surface area contributed by atoms with Crippen molar-refractivity contribution in [2.24, 2.45) is 0 Å². The summed E-state index contributed by atoms with van der Waals surface area (Å²) in [6.45, 7) is -0.336. The zero-order chi connectivity index (χ0) is 15.5. The molecule has 6 nitrogen and oxygen atoms in total. The number of ketones is 1. The van der Waals surface area contributed by atoms with Gasteiger partial charge in [-0.3, -0.25) is 9.59 Å². The maximum absolute atomic E-state index is 12.0. The van der Waals surface area contributed by atoms with Gasteiger partial charge in [-0.15, -0.1) is 11.8 Å². The highest BCUT2D eigenvalue weighted by Gasteiger charge is 2.18. The fraction of sp³-hybridized carbons (Fsp3) is 0.133. The number of H-pyrrole nitrogens is 1. The predicted molar refractivity (Wildman–Crippen MR) is 81.2 cm³/mol. The highest BCUT2D eigenvalue weighted by Crippen LogP contribution is 2.32. The minimum atomic E-state index is -0.604. The molecule has 1 amide bonds. The highest BCUT2D eigenvalue weighted by molar-refractivity contribution is 8.00. The van der Waals surface area contributed by atoms with E-state index in [-0.39, 0.29) is 18.3 Å². The van der Waals surface area contributed by atoms with Gasteiger partial charge in [-0.2, -0.15) is 0 Å². The molecular formula is C15H12N2O4S. The van der Waals surface area contributed by atoms with Crippen LogP contribution in [0.4, 0.5) is 5.69 Å². The Bertz CT molecular complexity index is 740. The molecule has 0 bridgehead atoms. The number of hydrogen-bond donors (Lipinski definition) is 2. The molecule has 0 saturated heterocycles. The molecule has 7 heteroatoms. The number of rotatable bonds is 4. The van der Waals surface area contributed by atoms with E-state index in [0.717, 1.165) is 4.90 Å². The van der Waals surface area contributed by atoms with Crippen LogP contribution < -0.4 is 5.32 Å². The molecule has 2 N–H and O–H groups in total. The lowest BCUT2D eigenvalue weighted by molar-refractivity contribution is -0.113. The Hall–Kier alpha value is -2.54. The Morgan fingerprint density at radius 1 is 1.27 bits per heavy atom. The number of aromatic nitrogens is 1. The molecule has 0 saturated carbocycles. The number of nitrogens with one attached hydrogen (secondary N) is 2. The van der Waals surface area contributed by atoms with Crippen LogP contribution in [0.5, 0.6) is 0 Å².